The van der Waals surface area contributed by atoms with E-state index in [2.05, 4.69) is 14.7 Å². The molecule has 2 aromatic carbocycles. The van der Waals surface area contributed by atoms with Crippen molar-refractivity contribution in [3.8, 4) is 16.9 Å². The first kappa shape index (κ1) is 20.8. The van der Waals surface area contributed by atoms with E-state index in [1.54, 1.807) is 48.8 Å². The number of aromatic nitrogens is 2. The number of ether oxygens (including phenoxy) is 1. The van der Waals surface area contributed by atoms with Crippen LogP contribution in [0.15, 0.2) is 60.9 Å². The molecule has 152 valence electrons. The van der Waals surface area contributed by atoms with Crippen LogP contribution in [0, 0.1) is 0 Å². The average Bonchev–Trinajstić information content (AvgIpc) is 2.66. The highest BCUT2D eigenvalue weighted by molar-refractivity contribution is 5.64. The lowest BCUT2D eigenvalue weighted by Gasteiger charge is -2.17. The number of alkyl halides is 3. The maximum atomic E-state index is 12.3. The Morgan fingerprint density at radius 2 is 1.28 bits per heavy atom. The van der Waals surface area contributed by atoms with Crippen molar-refractivity contribution < 1.29 is 23.0 Å². The zero-order valence-electron chi connectivity index (χ0n) is 16.2. The van der Waals surface area contributed by atoms with E-state index in [1.165, 1.54) is 12.1 Å². The summed E-state index contributed by atoms with van der Waals surface area (Å²) >= 11 is 0. The summed E-state index contributed by atoms with van der Waals surface area (Å²) in [4.78, 5) is 8.66. The van der Waals surface area contributed by atoms with Crippen molar-refractivity contribution >= 4 is 0 Å². The molecule has 0 aliphatic carbocycles. The minimum absolute atomic E-state index is 0.175. The fourth-order valence-electron chi connectivity index (χ4n) is 2.77. The number of aliphatic hydroxyl groups excluding tert-OH is 1. The van der Waals surface area contributed by atoms with Gasteiger partial charge in [-0.3, -0.25) is 0 Å². The van der Waals surface area contributed by atoms with Crippen LogP contribution in [0.25, 0.3) is 11.1 Å². The van der Waals surface area contributed by atoms with E-state index >= 15 is 0 Å². The summed E-state index contributed by atoms with van der Waals surface area (Å²) in [6.45, 7) is 6.04. The van der Waals surface area contributed by atoms with Gasteiger partial charge in [0.15, 0.2) is 0 Å². The van der Waals surface area contributed by atoms with E-state index in [-0.39, 0.29) is 11.2 Å². The van der Waals surface area contributed by atoms with Crippen LogP contribution in [0.5, 0.6) is 5.75 Å². The lowest BCUT2D eigenvalue weighted by molar-refractivity contribution is -0.274. The molecule has 1 heterocycles. The van der Waals surface area contributed by atoms with Gasteiger partial charge in [0.05, 0.1) is 0 Å². The summed E-state index contributed by atoms with van der Waals surface area (Å²) in [6.07, 6.45) is -2.36. The van der Waals surface area contributed by atoms with Crippen LogP contribution in [-0.4, -0.2) is 21.4 Å². The lowest BCUT2D eigenvalue weighted by Crippen LogP contribution is -2.16. The molecule has 0 aliphatic heterocycles. The van der Waals surface area contributed by atoms with Crippen LogP contribution >= 0.6 is 0 Å². The zero-order chi connectivity index (χ0) is 21.2. The van der Waals surface area contributed by atoms with Crippen molar-refractivity contribution in [2.45, 2.75) is 38.7 Å². The summed E-state index contributed by atoms with van der Waals surface area (Å²) in [6, 6.07) is 12.7. The molecule has 1 N–H and O–H groups in total. The Morgan fingerprint density at radius 3 is 1.72 bits per heavy atom. The summed E-state index contributed by atoms with van der Waals surface area (Å²) in [5, 5.41) is 10.6. The van der Waals surface area contributed by atoms with Gasteiger partial charge < -0.3 is 9.84 Å². The normalized spacial score (nSPS) is 13.2. The molecule has 3 rings (SSSR count). The van der Waals surface area contributed by atoms with Crippen LogP contribution < -0.4 is 4.74 Å². The SMILES string of the molecule is CC(C)(C)c1ncc(C(O)c2ccc(-c3ccc(OC(F)(F)F)cc3)cc2)cn1. The molecule has 1 atom stereocenters. The van der Waals surface area contributed by atoms with Crippen LogP contribution in [0.1, 0.15) is 43.8 Å². The topological polar surface area (TPSA) is 55.2 Å². The minimum Gasteiger partial charge on any atom is -0.406 e. The molecule has 0 fully saturated rings. The first-order valence-electron chi connectivity index (χ1n) is 8.99. The highest BCUT2D eigenvalue weighted by Crippen LogP contribution is 2.29. The standard InChI is InChI=1S/C22H21F3N2O2/c1-21(2,3)20-26-12-17(13-27-20)19(28)16-6-4-14(5-7-16)15-8-10-18(11-9-15)29-22(23,24)25/h4-13,19,28H,1-3H3. The van der Waals surface area contributed by atoms with Gasteiger partial charge in [-0.25, -0.2) is 9.97 Å². The molecule has 0 saturated carbocycles. The van der Waals surface area contributed by atoms with Crippen molar-refractivity contribution in [3.05, 3.63) is 77.9 Å². The third kappa shape index (κ3) is 5.32. The number of hydrogen-bond donors (Lipinski definition) is 1. The van der Waals surface area contributed by atoms with Crippen molar-refractivity contribution in [1.82, 2.24) is 9.97 Å². The Labute approximate surface area is 167 Å². The maximum absolute atomic E-state index is 12.3. The van der Waals surface area contributed by atoms with Crippen molar-refractivity contribution in [1.29, 1.82) is 0 Å². The van der Waals surface area contributed by atoms with Crippen molar-refractivity contribution in [2.75, 3.05) is 0 Å². The second kappa shape index (κ2) is 7.83. The molecule has 0 radical (unpaired) electrons. The molecule has 4 nitrogen and oxygen atoms in total. The molecule has 0 spiro atoms. The number of halogens is 3. The van der Waals surface area contributed by atoms with Gasteiger partial charge in [0.25, 0.3) is 0 Å². The molecule has 0 amide bonds. The van der Waals surface area contributed by atoms with Gasteiger partial charge >= 0.3 is 6.36 Å². The lowest BCUT2D eigenvalue weighted by atomic mass is 9.95. The second-order valence-corrected chi connectivity index (χ2v) is 7.69. The molecule has 0 bridgehead atoms. The largest absolute Gasteiger partial charge is 0.573 e. The predicted octanol–water partition coefficient (Wildman–Crippen LogP) is 5.42. The zero-order valence-corrected chi connectivity index (χ0v) is 16.2. The summed E-state index contributed by atoms with van der Waals surface area (Å²) in [5.41, 5.74) is 2.61. The van der Waals surface area contributed by atoms with Gasteiger partial charge in [-0.05, 0) is 28.8 Å². The Morgan fingerprint density at radius 1 is 0.793 bits per heavy atom. The summed E-state index contributed by atoms with van der Waals surface area (Å²) < 4.78 is 40.6. The fraction of sp³-hybridized carbons (Fsp3) is 0.273. The highest BCUT2D eigenvalue weighted by atomic mass is 19.4. The molecule has 3 aromatic rings. The van der Waals surface area contributed by atoms with E-state index in [0.717, 1.165) is 11.1 Å². The molecular weight excluding hydrogens is 381 g/mol. The fourth-order valence-corrected chi connectivity index (χ4v) is 2.77. The minimum atomic E-state index is -4.71. The maximum Gasteiger partial charge on any atom is 0.573 e. The number of benzene rings is 2. The van der Waals surface area contributed by atoms with Crippen LogP contribution in [0.3, 0.4) is 0 Å². The summed E-state index contributed by atoms with van der Waals surface area (Å²) in [7, 11) is 0. The molecule has 0 aliphatic rings. The number of hydrogen-bond acceptors (Lipinski definition) is 4. The Kier molecular flexibility index (Phi) is 5.61. The summed E-state index contributed by atoms with van der Waals surface area (Å²) in [5.74, 6) is 0.425. The number of rotatable bonds is 4. The van der Waals surface area contributed by atoms with Crippen LogP contribution in [-0.2, 0) is 5.41 Å². The molecule has 29 heavy (non-hydrogen) atoms. The molecular formula is C22H21F3N2O2. The van der Waals surface area contributed by atoms with E-state index in [0.29, 0.717) is 17.0 Å². The molecule has 1 unspecified atom stereocenters. The Hall–Kier alpha value is -2.93. The number of nitrogens with zero attached hydrogens (tertiary/aromatic N) is 2. The first-order chi connectivity index (χ1) is 13.5. The monoisotopic (exact) mass is 402 g/mol. The number of aliphatic hydroxyl groups is 1. The molecule has 0 saturated heterocycles. The van der Waals surface area contributed by atoms with Gasteiger partial charge in [-0.2, -0.15) is 0 Å². The van der Waals surface area contributed by atoms with Crippen molar-refractivity contribution in [2.24, 2.45) is 0 Å². The van der Waals surface area contributed by atoms with Gasteiger partial charge in [-0.15, -0.1) is 13.2 Å². The van der Waals surface area contributed by atoms with Gasteiger partial charge in [0, 0.05) is 23.4 Å². The predicted molar refractivity (Wildman–Crippen MR) is 103 cm³/mol. The van der Waals surface area contributed by atoms with Crippen LogP contribution in [0.4, 0.5) is 13.2 Å². The first-order valence-corrected chi connectivity index (χ1v) is 8.99. The van der Waals surface area contributed by atoms with Gasteiger partial charge in [0.1, 0.15) is 17.7 Å². The third-order valence-electron chi connectivity index (χ3n) is 4.31. The van der Waals surface area contributed by atoms with E-state index in [1.807, 2.05) is 20.8 Å². The third-order valence-corrected chi connectivity index (χ3v) is 4.31. The Bertz CT molecular complexity index is 946. The quantitative estimate of drug-likeness (QED) is 0.633. The smallest absolute Gasteiger partial charge is 0.406 e. The van der Waals surface area contributed by atoms with E-state index in [9.17, 15) is 18.3 Å². The van der Waals surface area contributed by atoms with Gasteiger partial charge in [-0.1, -0.05) is 57.2 Å². The Balaban J connectivity index is 1.74. The highest BCUT2D eigenvalue weighted by Gasteiger charge is 2.31. The average molecular weight is 402 g/mol. The van der Waals surface area contributed by atoms with E-state index < -0.39 is 12.5 Å². The second-order valence-electron chi connectivity index (χ2n) is 7.69. The van der Waals surface area contributed by atoms with E-state index in [4.69, 9.17) is 0 Å². The van der Waals surface area contributed by atoms with Crippen LogP contribution in [0.2, 0.25) is 0 Å². The molecule has 1 aromatic heterocycles. The van der Waals surface area contributed by atoms with Gasteiger partial charge in [0.2, 0.25) is 0 Å². The van der Waals surface area contributed by atoms with Crippen molar-refractivity contribution in [3.63, 3.8) is 0 Å². The molecule has 7 heteroatoms.